The molecule has 0 saturated heterocycles. The second-order valence-electron chi connectivity index (χ2n) is 5.64. The highest BCUT2D eigenvalue weighted by atomic mass is 16.5. The third-order valence-corrected chi connectivity index (χ3v) is 3.83. The number of hydrogen-bond acceptors (Lipinski definition) is 5. The van der Waals surface area contributed by atoms with Crippen LogP contribution in [0.1, 0.15) is 5.56 Å². The molecule has 0 aliphatic heterocycles. The van der Waals surface area contributed by atoms with Crippen LogP contribution in [0, 0.1) is 0 Å². The van der Waals surface area contributed by atoms with Crippen LogP contribution >= 0.6 is 0 Å². The number of benzene rings is 2. The number of aliphatic imine (C=N–C) groups is 1. The van der Waals surface area contributed by atoms with Crippen LogP contribution in [0.5, 0.6) is 5.75 Å². The van der Waals surface area contributed by atoms with E-state index in [4.69, 9.17) is 4.74 Å². The normalized spacial score (nSPS) is 10.1. The van der Waals surface area contributed by atoms with Gasteiger partial charge in [-0.15, -0.1) is 11.6 Å². The zero-order valence-electron chi connectivity index (χ0n) is 14.5. The van der Waals surface area contributed by atoms with Gasteiger partial charge in [0.2, 0.25) is 17.6 Å². The Labute approximate surface area is 156 Å². The van der Waals surface area contributed by atoms with Gasteiger partial charge < -0.3 is 4.74 Å². The highest BCUT2D eigenvalue weighted by Gasteiger charge is 2.18. The molecule has 0 fully saturated rings. The van der Waals surface area contributed by atoms with Gasteiger partial charge in [0.15, 0.2) is 0 Å². The fourth-order valence-electron chi connectivity index (χ4n) is 2.61. The number of carbonyl (C=O) groups excluding carboxylic acids is 1. The highest BCUT2D eigenvalue weighted by Crippen LogP contribution is 2.26. The van der Waals surface area contributed by atoms with Gasteiger partial charge in [0.25, 0.3) is 5.56 Å². The lowest BCUT2D eigenvalue weighted by Gasteiger charge is -2.14. The Kier molecular flexibility index (Phi) is 5.72. The Morgan fingerprint density at radius 2 is 1.78 bits per heavy atom. The number of ether oxygens (including phenoxy) is 1. The molecule has 6 heteroatoms. The summed E-state index contributed by atoms with van der Waals surface area (Å²) in [5, 5.41) is 0. The number of nitrogens with zero attached hydrogens (tertiary/aromatic N) is 3. The number of allylic oxidation sites excluding steroid dienone is 1. The minimum absolute atomic E-state index is 0.0925. The standard InChI is InChI=1S/C21H17N3O3/c1-2-13-24-20(17-11-7-4-8-12-17)23-19(22-15-25)18(21(24)26)27-14-16-9-5-3-6-10-16/h2-12H,1,13-14H2. The van der Waals surface area contributed by atoms with Crippen molar-refractivity contribution >= 4 is 11.9 Å². The van der Waals surface area contributed by atoms with Crippen LogP contribution < -0.4 is 10.3 Å². The SMILES string of the molecule is C=CCn1c(-c2ccccc2)nc(N=C=O)c(OCc2ccccc2)c1=O. The second kappa shape index (κ2) is 8.56. The number of aromatic nitrogens is 2. The van der Waals surface area contributed by atoms with E-state index in [1.165, 1.54) is 10.6 Å². The van der Waals surface area contributed by atoms with Gasteiger partial charge in [-0.3, -0.25) is 9.36 Å². The van der Waals surface area contributed by atoms with Gasteiger partial charge in [-0.2, -0.15) is 0 Å². The average molecular weight is 359 g/mol. The molecule has 2 aromatic carbocycles. The van der Waals surface area contributed by atoms with Gasteiger partial charge in [-0.1, -0.05) is 66.7 Å². The summed E-state index contributed by atoms with van der Waals surface area (Å²) in [6.45, 7) is 4.09. The average Bonchev–Trinajstić information content (AvgIpc) is 2.71. The lowest BCUT2D eigenvalue weighted by molar-refractivity contribution is 0.299. The van der Waals surface area contributed by atoms with Gasteiger partial charge >= 0.3 is 0 Å². The summed E-state index contributed by atoms with van der Waals surface area (Å²) >= 11 is 0. The summed E-state index contributed by atoms with van der Waals surface area (Å²) in [5.41, 5.74) is 1.16. The summed E-state index contributed by atoms with van der Waals surface area (Å²) in [7, 11) is 0. The van der Waals surface area contributed by atoms with E-state index in [0.29, 0.717) is 11.4 Å². The largest absolute Gasteiger partial charge is 0.480 e. The topological polar surface area (TPSA) is 73.6 Å². The van der Waals surface area contributed by atoms with Gasteiger partial charge in [0.1, 0.15) is 12.4 Å². The molecule has 27 heavy (non-hydrogen) atoms. The molecule has 3 rings (SSSR count). The maximum absolute atomic E-state index is 13.0. The molecule has 0 atom stereocenters. The van der Waals surface area contributed by atoms with Gasteiger partial charge in [0, 0.05) is 12.1 Å². The molecule has 3 aromatic rings. The lowest BCUT2D eigenvalue weighted by Crippen LogP contribution is -2.24. The molecule has 0 saturated carbocycles. The van der Waals surface area contributed by atoms with Crippen molar-refractivity contribution in [1.29, 1.82) is 0 Å². The van der Waals surface area contributed by atoms with Crippen molar-refractivity contribution in [2.24, 2.45) is 4.99 Å². The summed E-state index contributed by atoms with van der Waals surface area (Å²) in [6.07, 6.45) is 3.04. The van der Waals surface area contributed by atoms with Crippen molar-refractivity contribution in [2.45, 2.75) is 13.2 Å². The molecule has 0 bridgehead atoms. The van der Waals surface area contributed by atoms with E-state index >= 15 is 0 Å². The molecule has 6 nitrogen and oxygen atoms in total. The molecule has 0 radical (unpaired) electrons. The Morgan fingerprint density at radius 1 is 1.11 bits per heavy atom. The van der Waals surface area contributed by atoms with Crippen molar-refractivity contribution in [3.63, 3.8) is 0 Å². The Morgan fingerprint density at radius 3 is 2.41 bits per heavy atom. The smallest absolute Gasteiger partial charge is 0.298 e. The minimum atomic E-state index is -0.436. The van der Waals surface area contributed by atoms with Crippen LogP contribution in [0.3, 0.4) is 0 Å². The molecule has 0 amide bonds. The van der Waals surface area contributed by atoms with Crippen LogP contribution in [0.4, 0.5) is 5.82 Å². The third kappa shape index (κ3) is 4.08. The molecule has 134 valence electrons. The van der Waals surface area contributed by atoms with Crippen LogP contribution in [0.25, 0.3) is 11.4 Å². The summed E-state index contributed by atoms with van der Waals surface area (Å²) in [5.74, 6) is 0.190. The molecule has 1 heterocycles. The van der Waals surface area contributed by atoms with Gasteiger partial charge in [-0.25, -0.2) is 9.78 Å². The second-order valence-corrected chi connectivity index (χ2v) is 5.64. The van der Waals surface area contributed by atoms with Gasteiger partial charge in [0.05, 0.1) is 0 Å². The van der Waals surface area contributed by atoms with Crippen molar-refractivity contribution in [3.8, 4) is 17.1 Å². The Hall–Kier alpha value is -3.76. The van der Waals surface area contributed by atoms with E-state index < -0.39 is 5.56 Å². The molecular formula is C21H17N3O3. The van der Waals surface area contributed by atoms with E-state index in [-0.39, 0.29) is 24.7 Å². The monoisotopic (exact) mass is 359 g/mol. The van der Waals surface area contributed by atoms with Crippen molar-refractivity contribution < 1.29 is 9.53 Å². The predicted octanol–water partition coefficient (Wildman–Crippen LogP) is 3.64. The van der Waals surface area contributed by atoms with E-state index in [2.05, 4.69) is 16.6 Å². The molecule has 0 aliphatic rings. The quantitative estimate of drug-likeness (QED) is 0.367. The molecule has 0 unspecified atom stereocenters. The minimum Gasteiger partial charge on any atom is -0.480 e. The van der Waals surface area contributed by atoms with E-state index in [9.17, 15) is 9.59 Å². The Balaban J connectivity index is 2.12. The lowest BCUT2D eigenvalue weighted by atomic mass is 10.2. The maximum Gasteiger partial charge on any atom is 0.298 e. The molecular weight excluding hydrogens is 342 g/mol. The highest BCUT2D eigenvalue weighted by molar-refractivity contribution is 5.61. The fraction of sp³-hybridized carbons (Fsp3) is 0.0952. The summed E-state index contributed by atoms with van der Waals surface area (Å²) in [6, 6.07) is 18.5. The predicted molar refractivity (Wildman–Crippen MR) is 103 cm³/mol. The van der Waals surface area contributed by atoms with Crippen LogP contribution in [0.2, 0.25) is 0 Å². The fourth-order valence-corrected chi connectivity index (χ4v) is 2.61. The van der Waals surface area contributed by atoms with E-state index in [1.54, 1.807) is 6.08 Å². The first-order chi connectivity index (χ1) is 13.2. The molecule has 1 aromatic heterocycles. The van der Waals surface area contributed by atoms with Crippen molar-refractivity contribution in [3.05, 3.63) is 89.2 Å². The van der Waals surface area contributed by atoms with Crippen LogP contribution in [-0.2, 0) is 17.9 Å². The number of hydrogen-bond donors (Lipinski definition) is 0. The van der Waals surface area contributed by atoms with Crippen molar-refractivity contribution in [1.82, 2.24) is 9.55 Å². The molecule has 0 aliphatic carbocycles. The zero-order chi connectivity index (χ0) is 19.1. The maximum atomic E-state index is 13.0. The Bertz CT molecular complexity index is 1040. The first kappa shape index (κ1) is 18.0. The van der Waals surface area contributed by atoms with E-state index in [0.717, 1.165) is 5.56 Å². The first-order valence-electron chi connectivity index (χ1n) is 8.30. The molecule has 0 N–H and O–H groups in total. The van der Waals surface area contributed by atoms with Gasteiger partial charge in [-0.05, 0) is 5.56 Å². The summed E-state index contributed by atoms with van der Waals surface area (Å²) < 4.78 is 7.12. The third-order valence-electron chi connectivity index (χ3n) is 3.83. The van der Waals surface area contributed by atoms with Crippen LogP contribution in [0.15, 0.2) is 83.1 Å². The summed E-state index contributed by atoms with van der Waals surface area (Å²) in [4.78, 5) is 31.9. The van der Waals surface area contributed by atoms with Crippen LogP contribution in [-0.4, -0.2) is 15.6 Å². The van der Waals surface area contributed by atoms with E-state index in [1.807, 2.05) is 60.7 Å². The first-order valence-corrected chi connectivity index (χ1v) is 8.30. The molecule has 0 spiro atoms. The zero-order valence-corrected chi connectivity index (χ0v) is 14.5. The van der Waals surface area contributed by atoms with Crippen molar-refractivity contribution in [2.75, 3.05) is 0 Å². The number of isocyanates is 1. The number of rotatable bonds is 7.